The van der Waals surface area contributed by atoms with Crippen LogP contribution in [0.25, 0.3) is 5.52 Å². The molecule has 2 heterocycles. The van der Waals surface area contributed by atoms with Gasteiger partial charge >= 0.3 is 0 Å². The van der Waals surface area contributed by atoms with E-state index in [1.807, 2.05) is 12.3 Å². The summed E-state index contributed by atoms with van der Waals surface area (Å²) >= 11 is 0. The molecule has 0 aliphatic rings. The minimum absolute atomic E-state index is 0.00133. The molecule has 0 spiro atoms. The van der Waals surface area contributed by atoms with Crippen molar-refractivity contribution < 1.29 is 4.79 Å². The average Bonchev–Trinajstić information content (AvgIpc) is 2.53. The monoisotopic (exact) mass is 202 g/mol. The maximum absolute atomic E-state index is 10.8. The molecule has 0 bridgehead atoms. The van der Waals surface area contributed by atoms with Gasteiger partial charge in [-0.25, -0.2) is 0 Å². The molecule has 78 valence electrons. The van der Waals surface area contributed by atoms with Crippen molar-refractivity contribution in [3.8, 4) is 0 Å². The Bertz CT molecular complexity index is 499. The molecule has 2 aromatic heterocycles. The highest BCUT2D eigenvalue weighted by molar-refractivity contribution is 5.72. The largest absolute Gasteiger partial charge is 0.352 e. The molecule has 3 nitrogen and oxygen atoms in total. The average molecular weight is 202 g/mol. The van der Waals surface area contributed by atoms with Crippen molar-refractivity contribution in [2.24, 2.45) is 0 Å². The Kier molecular flexibility index (Phi) is 2.46. The standard InChI is InChI=1S/C12H14N2O/c1-9-5-12-6-11(7-13-10(2)15)3-4-14(12)8-9/h3-6,8H,7H2,1-2H3,(H,13,15). The van der Waals surface area contributed by atoms with Gasteiger partial charge in [0, 0.05) is 31.4 Å². The van der Waals surface area contributed by atoms with E-state index < -0.39 is 0 Å². The number of pyridine rings is 1. The number of fused-ring (bicyclic) bond motifs is 1. The number of nitrogens with one attached hydrogen (secondary N) is 1. The molecule has 0 saturated carbocycles. The number of rotatable bonds is 2. The molecule has 0 atom stereocenters. The molecule has 3 heteroatoms. The lowest BCUT2D eigenvalue weighted by Gasteiger charge is -2.03. The number of aryl methyl sites for hydroxylation is 1. The quantitative estimate of drug-likeness (QED) is 0.792. The Hall–Kier alpha value is -1.77. The van der Waals surface area contributed by atoms with Gasteiger partial charge in [0.2, 0.25) is 5.91 Å². The number of hydrogen-bond donors (Lipinski definition) is 1. The summed E-state index contributed by atoms with van der Waals surface area (Å²) in [7, 11) is 0. The number of aromatic nitrogens is 1. The SMILES string of the molecule is CC(=O)NCc1ccn2cc(C)cc2c1. The fourth-order valence-electron chi connectivity index (χ4n) is 1.63. The minimum Gasteiger partial charge on any atom is -0.352 e. The summed E-state index contributed by atoms with van der Waals surface area (Å²) < 4.78 is 2.08. The summed E-state index contributed by atoms with van der Waals surface area (Å²) in [4.78, 5) is 10.8. The van der Waals surface area contributed by atoms with Crippen molar-refractivity contribution in [3.05, 3.63) is 41.7 Å². The van der Waals surface area contributed by atoms with Crippen LogP contribution in [0.2, 0.25) is 0 Å². The van der Waals surface area contributed by atoms with Gasteiger partial charge in [0.05, 0.1) is 0 Å². The number of nitrogens with zero attached hydrogens (tertiary/aromatic N) is 1. The molecule has 0 aliphatic heterocycles. The zero-order valence-corrected chi connectivity index (χ0v) is 8.95. The van der Waals surface area contributed by atoms with Crippen LogP contribution >= 0.6 is 0 Å². The molecular weight excluding hydrogens is 188 g/mol. The fraction of sp³-hybridized carbons (Fsp3) is 0.250. The molecular formula is C12H14N2O. The van der Waals surface area contributed by atoms with Crippen LogP contribution < -0.4 is 5.32 Å². The summed E-state index contributed by atoms with van der Waals surface area (Å²) in [5.41, 5.74) is 3.53. The van der Waals surface area contributed by atoms with E-state index in [1.165, 1.54) is 12.5 Å². The van der Waals surface area contributed by atoms with E-state index in [0.717, 1.165) is 11.1 Å². The van der Waals surface area contributed by atoms with Gasteiger partial charge in [-0.15, -0.1) is 0 Å². The Balaban J connectivity index is 2.26. The van der Waals surface area contributed by atoms with Crippen molar-refractivity contribution in [2.45, 2.75) is 20.4 Å². The lowest BCUT2D eigenvalue weighted by Crippen LogP contribution is -2.18. The lowest BCUT2D eigenvalue weighted by atomic mass is 10.2. The molecule has 0 saturated heterocycles. The predicted molar refractivity (Wildman–Crippen MR) is 59.7 cm³/mol. The van der Waals surface area contributed by atoms with Crippen LogP contribution in [0.1, 0.15) is 18.1 Å². The van der Waals surface area contributed by atoms with Crippen molar-refractivity contribution in [1.29, 1.82) is 0 Å². The predicted octanol–water partition coefficient (Wildman–Crippen LogP) is 1.88. The molecule has 15 heavy (non-hydrogen) atoms. The third-order valence-electron chi connectivity index (χ3n) is 2.34. The van der Waals surface area contributed by atoms with Crippen LogP contribution in [0.15, 0.2) is 30.6 Å². The van der Waals surface area contributed by atoms with E-state index in [-0.39, 0.29) is 5.91 Å². The van der Waals surface area contributed by atoms with Gasteiger partial charge < -0.3 is 9.72 Å². The normalized spacial score (nSPS) is 10.5. The van der Waals surface area contributed by atoms with Gasteiger partial charge in [-0.2, -0.15) is 0 Å². The molecule has 1 amide bonds. The van der Waals surface area contributed by atoms with Crippen LogP contribution in [-0.2, 0) is 11.3 Å². The zero-order valence-electron chi connectivity index (χ0n) is 8.95. The molecule has 1 N–H and O–H groups in total. The van der Waals surface area contributed by atoms with Crippen molar-refractivity contribution in [1.82, 2.24) is 9.72 Å². The number of carbonyl (C=O) groups excluding carboxylic acids is 1. The second-order valence-electron chi connectivity index (χ2n) is 3.79. The van der Waals surface area contributed by atoms with Gasteiger partial charge in [-0.1, -0.05) is 0 Å². The summed E-state index contributed by atoms with van der Waals surface area (Å²) in [6.07, 6.45) is 4.09. The van der Waals surface area contributed by atoms with Gasteiger partial charge in [0.25, 0.3) is 0 Å². The molecule has 2 aromatic rings. The highest BCUT2D eigenvalue weighted by Gasteiger charge is 1.98. The van der Waals surface area contributed by atoms with Crippen molar-refractivity contribution in [3.63, 3.8) is 0 Å². The Morgan fingerprint density at radius 3 is 3.00 bits per heavy atom. The third-order valence-corrected chi connectivity index (χ3v) is 2.34. The lowest BCUT2D eigenvalue weighted by molar-refractivity contribution is -0.119. The van der Waals surface area contributed by atoms with E-state index in [1.54, 1.807) is 0 Å². The van der Waals surface area contributed by atoms with Crippen molar-refractivity contribution >= 4 is 11.4 Å². The highest BCUT2D eigenvalue weighted by atomic mass is 16.1. The fourth-order valence-corrected chi connectivity index (χ4v) is 1.63. The number of carbonyl (C=O) groups is 1. The first-order valence-electron chi connectivity index (χ1n) is 4.97. The van der Waals surface area contributed by atoms with E-state index in [2.05, 4.69) is 35.0 Å². The summed E-state index contributed by atoms with van der Waals surface area (Å²) in [6, 6.07) is 6.22. The molecule has 2 rings (SSSR count). The zero-order chi connectivity index (χ0) is 10.8. The van der Waals surface area contributed by atoms with E-state index >= 15 is 0 Å². The maximum Gasteiger partial charge on any atom is 0.217 e. The number of hydrogen-bond acceptors (Lipinski definition) is 1. The van der Waals surface area contributed by atoms with Crippen LogP contribution in [-0.4, -0.2) is 10.3 Å². The van der Waals surface area contributed by atoms with E-state index in [4.69, 9.17) is 0 Å². The van der Waals surface area contributed by atoms with Gasteiger partial charge in [-0.05, 0) is 36.2 Å². The van der Waals surface area contributed by atoms with Gasteiger partial charge in [-0.3, -0.25) is 4.79 Å². The topological polar surface area (TPSA) is 33.5 Å². The molecule has 0 unspecified atom stereocenters. The molecule has 0 radical (unpaired) electrons. The smallest absolute Gasteiger partial charge is 0.217 e. The Labute approximate surface area is 88.7 Å². The molecule has 0 aliphatic carbocycles. The van der Waals surface area contributed by atoms with Gasteiger partial charge in [0.1, 0.15) is 0 Å². The first-order valence-corrected chi connectivity index (χ1v) is 4.97. The van der Waals surface area contributed by atoms with Crippen LogP contribution in [0, 0.1) is 6.92 Å². The van der Waals surface area contributed by atoms with E-state index in [9.17, 15) is 4.79 Å². The highest BCUT2D eigenvalue weighted by Crippen LogP contribution is 2.11. The third kappa shape index (κ3) is 2.18. The number of amides is 1. The second-order valence-corrected chi connectivity index (χ2v) is 3.79. The van der Waals surface area contributed by atoms with E-state index in [0.29, 0.717) is 6.54 Å². The van der Waals surface area contributed by atoms with Crippen LogP contribution in [0.5, 0.6) is 0 Å². The molecule has 0 aromatic carbocycles. The van der Waals surface area contributed by atoms with Crippen LogP contribution in [0.3, 0.4) is 0 Å². The summed E-state index contributed by atoms with van der Waals surface area (Å²) in [6.45, 7) is 4.19. The Morgan fingerprint density at radius 1 is 1.47 bits per heavy atom. The maximum atomic E-state index is 10.8. The Morgan fingerprint density at radius 2 is 2.27 bits per heavy atom. The second kappa shape index (κ2) is 3.77. The van der Waals surface area contributed by atoms with Crippen molar-refractivity contribution in [2.75, 3.05) is 0 Å². The first kappa shape index (κ1) is 9.77. The summed E-state index contributed by atoms with van der Waals surface area (Å²) in [5.74, 6) is 0.00133. The molecule has 0 fully saturated rings. The van der Waals surface area contributed by atoms with Gasteiger partial charge in [0.15, 0.2) is 0 Å². The summed E-state index contributed by atoms with van der Waals surface area (Å²) in [5, 5.41) is 2.79. The minimum atomic E-state index is 0.00133. The van der Waals surface area contributed by atoms with Crippen LogP contribution in [0.4, 0.5) is 0 Å². The first-order chi connectivity index (χ1) is 7.15.